The molecule has 0 bridgehead atoms. The number of hydrogen-bond donors (Lipinski definition) is 0. The molecule has 7 heteroatoms. The van der Waals surface area contributed by atoms with Crippen molar-refractivity contribution in [3.05, 3.63) is 249 Å². The molecule has 4 aliphatic rings. The van der Waals surface area contributed by atoms with Gasteiger partial charge in [0, 0.05) is 84.1 Å². The average molecular weight is 926 g/mol. The summed E-state index contributed by atoms with van der Waals surface area (Å²) in [6.45, 7) is -0.00198. The molecule has 5 nitrogen and oxygen atoms in total. The molecule has 11 aromatic carbocycles. The molecular weight excluding hydrogens is 884 g/mol. The van der Waals surface area contributed by atoms with Crippen molar-refractivity contribution in [3.8, 4) is 0 Å². The molecule has 17 rings (SSSR count). The van der Waals surface area contributed by atoms with Gasteiger partial charge in [0.1, 0.15) is 0 Å². The fourth-order valence-electron chi connectivity index (χ4n) is 13.8. The second kappa shape index (κ2) is 14.6. The lowest BCUT2D eigenvalue weighted by Crippen LogP contribution is -2.61. The van der Waals surface area contributed by atoms with Crippen molar-refractivity contribution in [3.63, 3.8) is 0 Å². The first-order valence-corrected chi connectivity index (χ1v) is 25.4. The van der Waals surface area contributed by atoms with Crippen molar-refractivity contribution in [2.24, 2.45) is 0 Å². The Hall–Kier alpha value is -9.45. The highest BCUT2D eigenvalue weighted by Crippen LogP contribution is 2.51. The molecule has 0 N–H and O–H groups in total. The largest absolute Gasteiger partial charge is 0.311 e. The average Bonchev–Trinajstić information content (AvgIpc) is 4.00. The Morgan fingerprint density at radius 1 is 0.247 bits per heavy atom. The van der Waals surface area contributed by atoms with Crippen molar-refractivity contribution in [1.82, 2.24) is 4.40 Å². The Labute approximate surface area is 423 Å². The highest BCUT2D eigenvalue weighted by atomic mass is 15.2. The number of anilines is 12. The first-order chi connectivity index (χ1) is 36.3. The maximum atomic E-state index is 2.61. The van der Waals surface area contributed by atoms with Crippen LogP contribution < -0.4 is 52.4 Å². The molecule has 0 unspecified atom stereocenters. The van der Waals surface area contributed by atoms with Gasteiger partial charge in [-0.3, -0.25) is 0 Å². The minimum absolute atomic E-state index is 0.0191. The van der Waals surface area contributed by atoms with Gasteiger partial charge in [-0.25, -0.2) is 0 Å². The van der Waals surface area contributed by atoms with Crippen LogP contribution in [0.4, 0.5) is 68.2 Å². The summed E-state index contributed by atoms with van der Waals surface area (Å²) in [5.41, 5.74) is 26.0. The van der Waals surface area contributed by atoms with Crippen LogP contribution in [0.15, 0.2) is 249 Å². The molecule has 73 heavy (non-hydrogen) atoms. The van der Waals surface area contributed by atoms with Crippen LogP contribution >= 0.6 is 0 Å². The van der Waals surface area contributed by atoms with Crippen molar-refractivity contribution < 1.29 is 0 Å². The van der Waals surface area contributed by atoms with E-state index in [0.717, 1.165) is 22.7 Å². The van der Waals surface area contributed by atoms with Crippen molar-refractivity contribution in [2.75, 3.05) is 19.6 Å². The molecule has 0 spiro atoms. The maximum Gasteiger partial charge on any atom is 0.253 e. The van der Waals surface area contributed by atoms with E-state index in [1.165, 1.54) is 116 Å². The van der Waals surface area contributed by atoms with Crippen LogP contribution in [0.25, 0.3) is 38.1 Å². The summed E-state index contributed by atoms with van der Waals surface area (Å²) in [5.74, 6) is 0. The Kier molecular flexibility index (Phi) is 7.84. The monoisotopic (exact) mass is 925 g/mol. The summed E-state index contributed by atoms with van der Waals surface area (Å²) in [4.78, 5) is 10.0. The SMILES string of the molecule is c1ccc(N2c3ccccc3B3c4c2cccc4N(c2ccccc2)c2ccc4c(c23)c2cccc3c5c6c(ccc5n4c23)B2c3ccccc3N(c3ccccc3)c3cccc(c32)N6c2ccccc2)cc1. The van der Waals surface area contributed by atoms with E-state index in [1.54, 1.807) is 0 Å². The predicted molar refractivity (Wildman–Crippen MR) is 309 cm³/mol. The summed E-state index contributed by atoms with van der Waals surface area (Å²) in [7, 11) is 0. The molecule has 13 aromatic rings. The van der Waals surface area contributed by atoms with E-state index in [2.05, 4.69) is 273 Å². The molecule has 0 saturated carbocycles. The van der Waals surface area contributed by atoms with Gasteiger partial charge in [0.2, 0.25) is 0 Å². The number of benzene rings is 11. The molecule has 6 heterocycles. The highest BCUT2D eigenvalue weighted by Gasteiger charge is 2.47. The summed E-state index contributed by atoms with van der Waals surface area (Å²) >= 11 is 0. The van der Waals surface area contributed by atoms with Crippen molar-refractivity contribution in [2.45, 2.75) is 0 Å². The third kappa shape index (κ3) is 5.08. The van der Waals surface area contributed by atoms with E-state index in [4.69, 9.17) is 0 Å². The number of aromatic nitrogens is 1. The molecule has 336 valence electrons. The molecule has 0 aliphatic carbocycles. The number of para-hydroxylation sites is 7. The van der Waals surface area contributed by atoms with Crippen LogP contribution in [0.3, 0.4) is 0 Å². The van der Waals surface area contributed by atoms with Crippen LogP contribution in [-0.4, -0.2) is 17.8 Å². The van der Waals surface area contributed by atoms with Gasteiger partial charge in [0.15, 0.2) is 0 Å². The van der Waals surface area contributed by atoms with Gasteiger partial charge >= 0.3 is 0 Å². The van der Waals surface area contributed by atoms with Crippen LogP contribution in [0.2, 0.25) is 0 Å². The van der Waals surface area contributed by atoms with Gasteiger partial charge < -0.3 is 24.0 Å². The fraction of sp³-hybridized carbons (Fsp3) is 0. The van der Waals surface area contributed by atoms with E-state index in [9.17, 15) is 0 Å². The minimum Gasteiger partial charge on any atom is -0.311 e. The van der Waals surface area contributed by atoms with Gasteiger partial charge in [-0.2, -0.15) is 0 Å². The highest BCUT2D eigenvalue weighted by molar-refractivity contribution is 7.02. The maximum absolute atomic E-state index is 2.61. The lowest BCUT2D eigenvalue weighted by atomic mass is 9.33. The molecule has 0 atom stereocenters. The summed E-state index contributed by atoms with van der Waals surface area (Å²) in [5, 5.41) is 5.13. The molecule has 0 radical (unpaired) electrons. The van der Waals surface area contributed by atoms with Gasteiger partial charge in [0.25, 0.3) is 13.4 Å². The zero-order valence-electron chi connectivity index (χ0n) is 39.6. The smallest absolute Gasteiger partial charge is 0.253 e. The minimum atomic E-state index is -0.0211. The van der Waals surface area contributed by atoms with Crippen LogP contribution in [0.1, 0.15) is 0 Å². The Morgan fingerprint density at radius 3 is 1.19 bits per heavy atom. The molecule has 0 amide bonds. The van der Waals surface area contributed by atoms with E-state index >= 15 is 0 Å². The van der Waals surface area contributed by atoms with Crippen LogP contribution in [0.5, 0.6) is 0 Å². The van der Waals surface area contributed by atoms with E-state index in [1.807, 2.05) is 0 Å². The molecule has 4 aliphatic heterocycles. The summed E-state index contributed by atoms with van der Waals surface area (Å²) in [6, 6.07) is 92.5. The number of hydrogen-bond acceptors (Lipinski definition) is 4. The van der Waals surface area contributed by atoms with Gasteiger partial charge in [-0.1, -0.05) is 146 Å². The Morgan fingerprint density at radius 2 is 0.630 bits per heavy atom. The summed E-state index contributed by atoms with van der Waals surface area (Å²) < 4.78 is 2.61. The van der Waals surface area contributed by atoms with Gasteiger partial charge in [0.05, 0.1) is 22.2 Å². The fourth-order valence-corrected chi connectivity index (χ4v) is 13.8. The number of nitrogens with zero attached hydrogens (tertiary/aromatic N) is 5. The topological polar surface area (TPSA) is 17.4 Å². The third-order valence-corrected chi connectivity index (χ3v) is 16.4. The van der Waals surface area contributed by atoms with E-state index < -0.39 is 0 Å². The number of rotatable bonds is 4. The van der Waals surface area contributed by atoms with Gasteiger partial charge in [-0.15, -0.1) is 0 Å². The molecule has 0 saturated heterocycles. The molecular formula is C66H41B2N5. The van der Waals surface area contributed by atoms with Crippen molar-refractivity contribution >= 4 is 153 Å². The molecule has 0 fully saturated rings. The first kappa shape index (κ1) is 39.3. The zero-order valence-corrected chi connectivity index (χ0v) is 39.6. The second-order valence-corrected chi connectivity index (χ2v) is 19.9. The summed E-state index contributed by atoms with van der Waals surface area (Å²) in [6.07, 6.45) is 0. The van der Waals surface area contributed by atoms with Crippen LogP contribution in [0, 0.1) is 0 Å². The number of fused-ring (bicyclic) bond motifs is 16. The zero-order chi connectivity index (χ0) is 47.5. The lowest BCUT2D eigenvalue weighted by molar-refractivity contribution is 1.25. The van der Waals surface area contributed by atoms with Gasteiger partial charge in [-0.05, 0) is 136 Å². The second-order valence-electron chi connectivity index (χ2n) is 19.9. The Bertz CT molecular complexity index is 4410. The van der Waals surface area contributed by atoms with Crippen molar-refractivity contribution in [1.29, 1.82) is 0 Å². The third-order valence-electron chi connectivity index (χ3n) is 16.4. The predicted octanol–water partition coefficient (Wildman–Crippen LogP) is 13.0. The standard InChI is InChI=1S/C66H41B2N5/c1-5-20-42(21-6-1)69-51-32-15-13-30-48(51)67-50-38-39-54-61(66(50)72(45-26-11-4-12-27-45)58-37-19-34-55(69)62(58)67)47-29-17-28-46-60-53(73(54)65(46)47)40-41-59-64(60)68-49-31-14-16-33-52(49)70(43-22-7-2-8-23-43)56-35-18-36-57(63(56)68)71(59)44-24-9-3-10-25-44/h1-41H. The Balaban J connectivity index is 0.974. The van der Waals surface area contributed by atoms with E-state index in [0.29, 0.717) is 0 Å². The molecule has 2 aromatic heterocycles. The van der Waals surface area contributed by atoms with E-state index in [-0.39, 0.29) is 13.4 Å². The first-order valence-electron chi connectivity index (χ1n) is 25.4. The quantitative estimate of drug-likeness (QED) is 0.164. The lowest BCUT2D eigenvalue weighted by Gasteiger charge is -2.44. The normalized spacial score (nSPS) is 13.9. The van der Waals surface area contributed by atoms with Crippen LogP contribution in [-0.2, 0) is 0 Å².